The van der Waals surface area contributed by atoms with E-state index in [9.17, 15) is 8.78 Å². The Morgan fingerprint density at radius 1 is 1.17 bits per heavy atom. The van der Waals surface area contributed by atoms with Crippen molar-refractivity contribution >= 4 is 0 Å². The van der Waals surface area contributed by atoms with E-state index in [1.165, 1.54) is 12.1 Å². The monoisotopic (exact) mass is 330 g/mol. The molecule has 1 heterocycles. The van der Waals surface area contributed by atoms with E-state index < -0.39 is 11.6 Å². The van der Waals surface area contributed by atoms with E-state index in [4.69, 9.17) is 9.47 Å². The van der Waals surface area contributed by atoms with Crippen LogP contribution in [0.2, 0.25) is 0 Å². The van der Waals surface area contributed by atoms with Crippen molar-refractivity contribution in [2.75, 3.05) is 0 Å². The van der Waals surface area contributed by atoms with E-state index in [0.717, 1.165) is 41.7 Å². The van der Waals surface area contributed by atoms with E-state index in [0.29, 0.717) is 5.92 Å². The van der Waals surface area contributed by atoms with Crippen molar-refractivity contribution < 1.29 is 18.3 Å². The maximum absolute atomic E-state index is 14.2. The van der Waals surface area contributed by atoms with Crippen molar-refractivity contribution in [1.82, 2.24) is 0 Å². The number of benzene rings is 2. The highest BCUT2D eigenvalue weighted by Crippen LogP contribution is 2.42. The summed E-state index contributed by atoms with van der Waals surface area (Å²) in [7, 11) is 0. The molecule has 0 N–H and O–H groups in total. The lowest BCUT2D eigenvalue weighted by Crippen LogP contribution is -2.24. The molecule has 0 aromatic heterocycles. The van der Waals surface area contributed by atoms with Crippen LogP contribution in [-0.2, 0) is 13.0 Å². The molecule has 1 fully saturated rings. The molecule has 2 aromatic rings. The summed E-state index contributed by atoms with van der Waals surface area (Å²) >= 11 is 0. The average molecular weight is 330 g/mol. The molecular formula is C20H20F2O2. The average Bonchev–Trinajstić information content (AvgIpc) is 3.28. The normalized spacial score (nSPS) is 18.2. The maximum atomic E-state index is 14.2. The fourth-order valence-corrected chi connectivity index (χ4v) is 3.32. The second kappa shape index (κ2) is 5.47. The van der Waals surface area contributed by atoms with Crippen molar-refractivity contribution in [1.29, 1.82) is 0 Å². The summed E-state index contributed by atoms with van der Waals surface area (Å²) in [6, 6.07) is 8.51. The molecule has 2 nitrogen and oxygen atoms in total. The number of hydrogen-bond donors (Lipinski definition) is 0. The van der Waals surface area contributed by atoms with Crippen LogP contribution >= 0.6 is 0 Å². The van der Waals surface area contributed by atoms with Gasteiger partial charge in [0.05, 0.1) is 0 Å². The van der Waals surface area contributed by atoms with Gasteiger partial charge in [-0.15, -0.1) is 0 Å². The Hall–Kier alpha value is -2.10. The van der Waals surface area contributed by atoms with Gasteiger partial charge in [0.1, 0.15) is 18.0 Å². The summed E-state index contributed by atoms with van der Waals surface area (Å²) < 4.78 is 39.8. The zero-order valence-electron chi connectivity index (χ0n) is 13.9. The Kier molecular flexibility index (Phi) is 3.52. The number of rotatable bonds is 4. The van der Waals surface area contributed by atoms with Gasteiger partial charge in [0.15, 0.2) is 17.4 Å². The fraction of sp³-hybridized carbons (Fsp3) is 0.400. The smallest absolute Gasteiger partial charge is 0.191 e. The maximum Gasteiger partial charge on any atom is 0.191 e. The van der Waals surface area contributed by atoms with Crippen molar-refractivity contribution in [2.24, 2.45) is 0 Å². The van der Waals surface area contributed by atoms with Crippen LogP contribution in [0.3, 0.4) is 0 Å². The first-order valence-corrected chi connectivity index (χ1v) is 8.34. The molecular weight excluding hydrogens is 310 g/mol. The lowest BCUT2D eigenvalue weighted by atomic mass is 9.98. The Balaban J connectivity index is 1.55. The van der Waals surface area contributed by atoms with Gasteiger partial charge in [0.2, 0.25) is 0 Å². The predicted octanol–water partition coefficient (Wildman–Crippen LogP) is 5.13. The molecule has 0 saturated heterocycles. The van der Waals surface area contributed by atoms with Crippen molar-refractivity contribution in [2.45, 2.75) is 51.2 Å². The van der Waals surface area contributed by atoms with Crippen LogP contribution in [0.25, 0.3) is 0 Å². The molecule has 0 unspecified atom stereocenters. The first-order valence-electron chi connectivity index (χ1n) is 8.34. The summed E-state index contributed by atoms with van der Waals surface area (Å²) in [5, 5.41) is 0. The van der Waals surface area contributed by atoms with Crippen LogP contribution in [0.5, 0.6) is 11.5 Å². The lowest BCUT2D eigenvalue weighted by molar-refractivity contribution is 0.138. The molecule has 24 heavy (non-hydrogen) atoms. The quantitative estimate of drug-likeness (QED) is 0.773. The highest BCUT2D eigenvalue weighted by atomic mass is 19.1. The Labute approximate surface area is 140 Å². The summed E-state index contributed by atoms with van der Waals surface area (Å²) in [6.07, 6.45) is 2.77. The third-order valence-electron chi connectivity index (χ3n) is 4.66. The molecule has 0 spiro atoms. The Bertz CT molecular complexity index is 771. The van der Waals surface area contributed by atoms with Gasteiger partial charge in [-0.25, -0.2) is 8.78 Å². The van der Waals surface area contributed by atoms with E-state index in [1.54, 1.807) is 0 Å². The van der Waals surface area contributed by atoms with Crippen molar-refractivity contribution in [3.63, 3.8) is 0 Å². The molecule has 2 aromatic carbocycles. The van der Waals surface area contributed by atoms with Crippen LogP contribution in [0.15, 0.2) is 30.3 Å². The molecule has 0 amide bonds. The van der Waals surface area contributed by atoms with Crippen molar-refractivity contribution in [3.8, 4) is 11.5 Å². The molecule has 0 radical (unpaired) electrons. The zero-order valence-corrected chi connectivity index (χ0v) is 13.9. The van der Waals surface area contributed by atoms with Crippen LogP contribution in [0, 0.1) is 11.6 Å². The molecule has 126 valence electrons. The van der Waals surface area contributed by atoms with E-state index in [2.05, 4.69) is 0 Å². The van der Waals surface area contributed by atoms with Crippen LogP contribution in [0.4, 0.5) is 8.78 Å². The second-order valence-electron chi connectivity index (χ2n) is 7.31. The van der Waals surface area contributed by atoms with Gasteiger partial charge in [-0.05, 0) is 61.9 Å². The van der Waals surface area contributed by atoms with Crippen LogP contribution in [-0.4, -0.2) is 5.60 Å². The fourth-order valence-electron chi connectivity index (χ4n) is 3.32. The number of fused-ring (bicyclic) bond motifs is 1. The summed E-state index contributed by atoms with van der Waals surface area (Å²) in [5.74, 6) is -0.414. The van der Waals surface area contributed by atoms with E-state index in [-0.39, 0.29) is 18.0 Å². The Morgan fingerprint density at radius 2 is 1.88 bits per heavy atom. The van der Waals surface area contributed by atoms with Gasteiger partial charge >= 0.3 is 0 Å². The summed E-state index contributed by atoms with van der Waals surface area (Å²) in [5.41, 5.74) is 2.43. The van der Waals surface area contributed by atoms with Gasteiger partial charge in [-0.1, -0.05) is 12.1 Å². The summed E-state index contributed by atoms with van der Waals surface area (Å²) in [4.78, 5) is 0. The van der Waals surface area contributed by atoms with Gasteiger partial charge in [-0.2, -0.15) is 0 Å². The van der Waals surface area contributed by atoms with E-state index in [1.807, 2.05) is 32.0 Å². The number of hydrogen-bond acceptors (Lipinski definition) is 2. The highest BCUT2D eigenvalue weighted by Gasteiger charge is 2.32. The first kappa shape index (κ1) is 15.4. The van der Waals surface area contributed by atoms with Gasteiger partial charge in [0.25, 0.3) is 0 Å². The van der Waals surface area contributed by atoms with E-state index >= 15 is 0 Å². The van der Waals surface area contributed by atoms with Crippen molar-refractivity contribution in [3.05, 3.63) is 58.7 Å². The third-order valence-corrected chi connectivity index (χ3v) is 4.66. The Morgan fingerprint density at radius 3 is 2.54 bits per heavy atom. The van der Waals surface area contributed by atoms with Crippen LogP contribution < -0.4 is 9.47 Å². The van der Waals surface area contributed by atoms with Crippen LogP contribution in [0.1, 0.15) is 49.3 Å². The standard InChI is InChI=1S/C20H20F2O2/c1-20(2)10-15-13(4-3-5-18(15)24-20)11-23-19-16(21)8-14(9-17(19)22)12-6-7-12/h3-5,8-9,12H,6-7,10-11H2,1-2H3. The second-order valence-corrected chi connectivity index (χ2v) is 7.31. The highest BCUT2D eigenvalue weighted by molar-refractivity contribution is 5.45. The van der Waals surface area contributed by atoms with Gasteiger partial charge < -0.3 is 9.47 Å². The molecule has 4 rings (SSSR count). The molecule has 2 aliphatic rings. The molecule has 4 heteroatoms. The minimum Gasteiger partial charge on any atom is -0.487 e. The molecule has 0 atom stereocenters. The predicted molar refractivity (Wildman–Crippen MR) is 87.5 cm³/mol. The minimum absolute atomic E-state index is 0.124. The molecule has 1 saturated carbocycles. The van der Waals surface area contributed by atoms with Gasteiger partial charge in [-0.3, -0.25) is 0 Å². The molecule has 0 bridgehead atoms. The van der Waals surface area contributed by atoms with Gasteiger partial charge in [0, 0.05) is 12.0 Å². The minimum atomic E-state index is -0.624. The molecule has 1 aliphatic carbocycles. The largest absolute Gasteiger partial charge is 0.487 e. The zero-order chi connectivity index (χ0) is 16.9. The third kappa shape index (κ3) is 2.85. The lowest BCUT2D eigenvalue weighted by Gasteiger charge is -2.16. The number of ether oxygens (including phenoxy) is 2. The SMILES string of the molecule is CC1(C)Cc2c(COc3c(F)cc(C4CC4)cc3F)cccc2O1. The molecule has 1 aliphatic heterocycles. The first-order chi connectivity index (χ1) is 11.4. The topological polar surface area (TPSA) is 18.5 Å². The summed E-state index contributed by atoms with van der Waals surface area (Å²) in [6.45, 7) is 4.17. The number of halogens is 2.